The van der Waals surface area contributed by atoms with Gasteiger partial charge in [-0.15, -0.1) is 5.10 Å². The van der Waals surface area contributed by atoms with Crippen molar-refractivity contribution in [3.05, 3.63) is 48.7 Å². The van der Waals surface area contributed by atoms with Crippen molar-refractivity contribution in [2.24, 2.45) is 0 Å². The van der Waals surface area contributed by atoms with Crippen molar-refractivity contribution in [2.75, 3.05) is 5.32 Å². The second-order valence-corrected chi connectivity index (χ2v) is 4.69. The first-order valence-corrected chi connectivity index (χ1v) is 6.86. The molecule has 0 unspecified atom stereocenters. The van der Waals surface area contributed by atoms with Crippen molar-refractivity contribution >= 4 is 16.9 Å². The number of fused-ring (bicyclic) bond motifs is 1. The van der Waals surface area contributed by atoms with Gasteiger partial charge in [0.05, 0.1) is 5.52 Å². The summed E-state index contributed by atoms with van der Waals surface area (Å²) in [7, 11) is 0. The molecule has 0 spiro atoms. The highest BCUT2D eigenvalue weighted by Crippen LogP contribution is 2.20. The zero-order valence-electron chi connectivity index (χ0n) is 11.4. The standard InChI is InChI=1S/C15H17N5/c1-2-7-15(17-14-10-5-6-11-16-14)20-13-9-4-3-8-12(13)18-19-20/h3-6,8-11,15H,2,7H2,1H3,(H,16,17)/t15-/m0/s1. The van der Waals surface area contributed by atoms with Crippen molar-refractivity contribution in [3.8, 4) is 0 Å². The van der Waals surface area contributed by atoms with Gasteiger partial charge >= 0.3 is 0 Å². The summed E-state index contributed by atoms with van der Waals surface area (Å²) >= 11 is 0. The van der Waals surface area contributed by atoms with Crippen LogP contribution in [0.25, 0.3) is 11.0 Å². The third-order valence-electron chi connectivity index (χ3n) is 3.21. The number of hydrogen-bond donors (Lipinski definition) is 1. The Bertz CT molecular complexity index is 677. The molecule has 2 heterocycles. The number of aromatic nitrogens is 4. The lowest BCUT2D eigenvalue weighted by atomic mass is 10.2. The average molecular weight is 267 g/mol. The molecular weight excluding hydrogens is 250 g/mol. The fourth-order valence-corrected chi connectivity index (χ4v) is 2.27. The maximum atomic E-state index is 4.32. The minimum absolute atomic E-state index is 0.0577. The second kappa shape index (κ2) is 5.69. The van der Waals surface area contributed by atoms with Crippen LogP contribution >= 0.6 is 0 Å². The van der Waals surface area contributed by atoms with Crippen LogP contribution in [0.1, 0.15) is 25.9 Å². The van der Waals surface area contributed by atoms with E-state index in [1.54, 1.807) is 6.20 Å². The molecule has 0 radical (unpaired) electrons. The molecule has 0 bridgehead atoms. The largest absolute Gasteiger partial charge is 0.348 e. The lowest BCUT2D eigenvalue weighted by Gasteiger charge is -2.19. The van der Waals surface area contributed by atoms with E-state index in [2.05, 4.69) is 27.5 Å². The molecule has 1 aromatic carbocycles. The SMILES string of the molecule is CCC[C@@H](Nc1ccccn1)n1nnc2ccccc21. The van der Waals surface area contributed by atoms with Crippen LogP contribution in [0.2, 0.25) is 0 Å². The van der Waals surface area contributed by atoms with E-state index in [-0.39, 0.29) is 6.17 Å². The van der Waals surface area contributed by atoms with Crippen LogP contribution in [0, 0.1) is 0 Å². The predicted octanol–water partition coefficient (Wildman–Crippen LogP) is 3.24. The van der Waals surface area contributed by atoms with Crippen LogP contribution in [0.4, 0.5) is 5.82 Å². The van der Waals surface area contributed by atoms with E-state index < -0.39 is 0 Å². The van der Waals surface area contributed by atoms with Gasteiger partial charge in [0.15, 0.2) is 0 Å². The van der Waals surface area contributed by atoms with Crippen molar-refractivity contribution in [3.63, 3.8) is 0 Å². The van der Waals surface area contributed by atoms with Crippen LogP contribution in [0.15, 0.2) is 48.7 Å². The molecule has 20 heavy (non-hydrogen) atoms. The zero-order valence-corrected chi connectivity index (χ0v) is 11.4. The Morgan fingerprint density at radius 3 is 2.80 bits per heavy atom. The van der Waals surface area contributed by atoms with Gasteiger partial charge in [0, 0.05) is 6.20 Å². The van der Waals surface area contributed by atoms with E-state index in [1.807, 2.05) is 47.1 Å². The molecule has 1 atom stereocenters. The Morgan fingerprint density at radius 1 is 1.15 bits per heavy atom. The van der Waals surface area contributed by atoms with E-state index in [1.165, 1.54) is 0 Å². The maximum absolute atomic E-state index is 4.32. The first-order valence-electron chi connectivity index (χ1n) is 6.86. The first kappa shape index (κ1) is 12.6. The molecule has 1 N–H and O–H groups in total. The quantitative estimate of drug-likeness (QED) is 0.771. The van der Waals surface area contributed by atoms with Gasteiger partial charge in [0.1, 0.15) is 17.5 Å². The van der Waals surface area contributed by atoms with E-state index in [0.29, 0.717) is 0 Å². The predicted molar refractivity (Wildman–Crippen MR) is 79.3 cm³/mol. The Morgan fingerprint density at radius 2 is 2.00 bits per heavy atom. The molecule has 3 rings (SSSR count). The number of pyridine rings is 1. The number of para-hydroxylation sites is 1. The third-order valence-corrected chi connectivity index (χ3v) is 3.21. The van der Waals surface area contributed by atoms with Crippen LogP contribution < -0.4 is 5.32 Å². The highest BCUT2D eigenvalue weighted by atomic mass is 15.5. The summed E-state index contributed by atoms with van der Waals surface area (Å²) in [6, 6.07) is 13.8. The number of nitrogens with zero attached hydrogens (tertiary/aromatic N) is 4. The lowest BCUT2D eigenvalue weighted by Crippen LogP contribution is -2.20. The van der Waals surface area contributed by atoms with Gasteiger partial charge < -0.3 is 5.32 Å². The molecule has 3 aromatic rings. The lowest BCUT2D eigenvalue weighted by molar-refractivity contribution is 0.466. The number of rotatable bonds is 5. The Kier molecular flexibility index (Phi) is 3.58. The Hall–Kier alpha value is -2.43. The summed E-state index contributed by atoms with van der Waals surface area (Å²) in [5.74, 6) is 0.852. The Balaban J connectivity index is 1.94. The molecule has 5 heteroatoms. The zero-order chi connectivity index (χ0) is 13.8. The summed E-state index contributed by atoms with van der Waals surface area (Å²) in [4.78, 5) is 4.32. The highest BCUT2D eigenvalue weighted by molar-refractivity contribution is 5.74. The normalized spacial score (nSPS) is 12.4. The van der Waals surface area contributed by atoms with Gasteiger partial charge in [-0.1, -0.05) is 36.8 Å². The van der Waals surface area contributed by atoms with Crippen molar-refractivity contribution in [1.82, 2.24) is 20.0 Å². The molecule has 102 valence electrons. The monoisotopic (exact) mass is 267 g/mol. The van der Waals surface area contributed by atoms with Crippen molar-refractivity contribution in [1.29, 1.82) is 0 Å². The molecular formula is C15H17N5. The van der Waals surface area contributed by atoms with Gasteiger partial charge in [0.25, 0.3) is 0 Å². The van der Waals surface area contributed by atoms with E-state index >= 15 is 0 Å². The van der Waals surface area contributed by atoms with Crippen LogP contribution in [-0.4, -0.2) is 20.0 Å². The van der Waals surface area contributed by atoms with Gasteiger partial charge in [-0.05, 0) is 30.7 Å². The molecule has 0 amide bonds. The number of hydrogen-bond acceptors (Lipinski definition) is 4. The van der Waals surface area contributed by atoms with Crippen LogP contribution in [-0.2, 0) is 0 Å². The number of benzene rings is 1. The molecule has 0 aliphatic carbocycles. The summed E-state index contributed by atoms with van der Waals surface area (Å²) < 4.78 is 1.94. The van der Waals surface area contributed by atoms with Gasteiger partial charge in [-0.3, -0.25) is 0 Å². The highest BCUT2D eigenvalue weighted by Gasteiger charge is 2.14. The summed E-state index contributed by atoms with van der Waals surface area (Å²) in [6.45, 7) is 2.16. The van der Waals surface area contributed by atoms with Gasteiger partial charge in [-0.2, -0.15) is 0 Å². The van der Waals surface area contributed by atoms with E-state index in [4.69, 9.17) is 0 Å². The summed E-state index contributed by atoms with van der Waals surface area (Å²) in [6.07, 6.45) is 3.86. The smallest absolute Gasteiger partial charge is 0.127 e. The van der Waals surface area contributed by atoms with Gasteiger partial charge in [-0.25, -0.2) is 9.67 Å². The fraction of sp³-hybridized carbons (Fsp3) is 0.267. The van der Waals surface area contributed by atoms with E-state index in [9.17, 15) is 0 Å². The molecule has 0 saturated heterocycles. The van der Waals surface area contributed by atoms with Crippen LogP contribution in [0.3, 0.4) is 0 Å². The minimum atomic E-state index is 0.0577. The van der Waals surface area contributed by atoms with Crippen LogP contribution in [0.5, 0.6) is 0 Å². The second-order valence-electron chi connectivity index (χ2n) is 4.69. The van der Waals surface area contributed by atoms with Crippen molar-refractivity contribution < 1.29 is 0 Å². The molecule has 0 saturated carbocycles. The van der Waals surface area contributed by atoms with Gasteiger partial charge in [0.2, 0.25) is 0 Å². The molecule has 0 aliphatic heterocycles. The third kappa shape index (κ3) is 2.47. The molecule has 5 nitrogen and oxygen atoms in total. The summed E-state index contributed by atoms with van der Waals surface area (Å²) in [5, 5.41) is 11.9. The van der Waals surface area contributed by atoms with E-state index in [0.717, 1.165) is 29.7 Å². The Labute approximate surface area is 117 Å². The average Bonchev–Trinajstić information content (AvgIpc) is 2.92. The molecule has 2 aromatic heterocycles. The minimum Gasteiger partial charge on any atom is -0.348 e. The number of nitrogens with one attached hydrogen (secondary N) is 1. The molecule has 0 fully saturated rings. The summed E-state index contributed by atoms with van der Waals surface area (Å²) in [5.41, 5.74) is 1.95. The first-order chi connectivity index (χ1) is 9.88. The number of anilines is 1. The fourth-order valence-electron chi connectivity index (χ4n) is 2.27. The maximum Gasteiger partial charge on any atom is 0.127 e. The van der Waals surface area contributed by atoms with Crippen molar-refractivity contribution in [2.45, 2.75) is 25.9 Å². The topological polar surface area (TPSA) is 55.6 Å². The molecule has 0 aliphatic rings.